The highest BCUT2D eigenvalue weighted by Gasteiger charge is 2.37. The third kappa shape index (κ3) is 4.80. The lowest BCUT2D eigenvalue weighted by Crippen LogP contribution is -2.47. The van der Waals surface area contributed by atoms with E-state index in [0.29, 0.717) is 22.9 Å². The number of aromatic amines is 2. The van der Waals surface area contributed by atoms with Crippen molar-refractivity contribution in [3.63, 3.8) is 0 Å². The average Bonchev–Trinajstić information content (AvgIpc) is 3.30. The van der Waals surface area contributed by atoms with Crippen molar-refractivity contribution in [2.45, 2.75) is 52.3 Å². The first kappa shape index (κ1) is 27.3. The third-order valence-electron chi connectivity index (χ3n) is 7.10. The Morgan fingerprint density at radius 3 is 2.35 bits per heavy atom. The molecule has 0 unspecified atom stereocenters. The van der Waals surface area contributed by atoms with Gasteiger partial charge >= 0.3 is 6.09 Å². The maximum Gasteiger partial charge on any atom is 0.410 e. The summed E-state index contributed by atoms with van der Waals surface area (Å²) in [6.07, 6.45) is -0.110. The van der Waals surface area contributed by atoms with Gasteiger partial charge in [0.25, 0.3) is 11.5 Å². The van der Waals surface area contributed by atoms with Crippen LogP contribution in [-0.4, -0.2) is 51.0 Å². The minimum absolute atomic E-state index is 0.0423. The molecule has 0 saturated carbocycles. The summed E-state index contributed by atoms with van der Waals surface area (Å²) in [5.74, 6) is -3.24. The van der Waals surface area contributed by atoms with Crippen LogP contribution in [0.1, 0.15) is 61.0 Å². The van der Waals surface area contributed by atoms with E-state index < -0.39 is 46.7 Å². The highest BCUT2D eigenvalue weighted by molar-refractivity contribution is 5.99. The van der Waals surface area contributed by atoms with Gasteiger partial charge in [-0.1, -0.05) is 6.92 Å². The van der Waals surface area contributed by atoms with Crippen molar-refractivity contribution >= 4 is 33.7 Å². The van der Waals surface area contributed by atoms with E-state index >= 15 is 0 Å². The molecule has 40 heavy (non-hydrogen) atoms. The van der Waals surface area contributed by atoms with E-state index in [4.69, 9.17) is 4.74 Å². The molecule has 0 spiro atoms. The number of fused-ring (bicyclic) bond motifs is 4. The first-order valence-electron chi connectivity index (χ1n) is 12.9. The summed E-state index contributed by atoms with van der Waals surface area (Å²) < 4.78 is 48.2. The number of ether oxygens (including phenoxy) is 1. The molecule has 2 amide bonds. The molecule has 8 nitrogen and oxygen atoms in total. The fraction of sp³-hybridized carbons (Fsp3) is 0.345. The van der Waals surface area contributed by atoms with Crippen molar-refractivity contribution in [2.24, 2.45) is 0 Å². The van der Waals surface area contributed by atoms with Crippen LogP contribution in [0.15, 0.2) is 35.1 Å². The molecular formula is C29H29F3N4O4. The van der Waals surface area contributed by atoms with E-state index in [1.807, 2.05) is 6.92 Å². The Bertz CT molecular complexity index is 1740. The lowest BCUT2D eigenvalue weighted by molar-refractivity contribution is 0.0142. The van der Waals surface area contributed by atoms with E-state index in [2.05, 4.69) is 9.97 Å². The Kier molecular flexibility index (Phi) is 6.63. The van der Waals surface area contributed by atoms with Crippen LogP contribution < -0.4 is 5.56 Å². The number of carbonyl (C=O) groups is 2. The lowest BCUT2D eigenvalue weighted by atomic mass is 9.92. The molecule has 2 aromatic heterocycles. The van der Waals surface area contributed by atoms with E-state index in [-0.39, 0.29) is 35.2 Å². The van der Waals surface area contributed by atoms with Gasteiger partial charge in [0.1, 0.15) is 17.1 Å². The second-order valence-electron chi connectivity index (χ2n) is 11.0. The van der Waals surface area contributed by atoms with Crippen molar-refractivity contribution < 1.29 is 27.5 Å². The first-order chi connectivity index (χ1) is 18.8. The number of rotatable bonds is 3. The number of aromatic nitrogens is 2. The topological polar surface area (TPSA) is 98.5 Å². The Balaban J connectivity index is 1.64. The van der Waals surface area contributed by atoms with Gasteiger partial charge in [-0.05, 0) is 68.5 Å². The number of nitrogens with zero attached hydrogens (tertiary/aromatic N) is 2. The summed E-state index contributed by atoms with van der Waals surface area (Å²) in [6, 6.07) is 5.25. The molecule has 0 aliphatic carbocycles. The smallest absolute Gasteiger partial charge is 0.410 e. The molecule has 5 rings (SSSR count). The summed E-state index contributed by atoms with van der Waals surface area (Å²) in [7, 11) is 1.51. The summed E-state index contributed by atoms with van der Waals surface area (Å²) in [4.78, 5) is 48.1. The van der Waals surface area contributed by atoms with Gasteiger partial charge in [-0.3, -0.25) is 14.5 Å². The van der Waals surface area contributed by atoms with Crippen molar-refractivity contribution in [3.8, 4) is 0 Å². The number of nitrogens with one attached hydrogen (secondary N) is 2. The van der Waals surface area contributed by atoms with E-state index in [1.165, 1.54) is 29.0 Å². The molecule has 1 atom stereocenters. The molecule has 11 heteroatoms. The van der Waals surface area contributed by atoms with Crippen molar-refractivity contribution in [1.29, 1.82) is 0 Å². The SMILES string of the molecule is CCc1cc(F)cc2[nH]c(C(=O)N(C)[C@H]3CN(C(=O)OC(C)(C)C)Cc4[nH]c(=O)c5cc(F)c(F)cc5c43)cc12. The molecule has 3 heterocycles. The standard InChI is InChI=1S/C29H29F3N4O4/c1-6-14-7-15(30)8-21-16(14)11-22(33-21)27(38)35(5)24-13-36(28(39)40-29(2,3)4)12-23-25(24)17-9-19(31)20(32)10-18(17)26(37)34-23/h7-11,24,33H,6,12-13H2,1-5H3,(H,34,37)/t24-/m0/s1. The van der Waals surface area contributed by atoms with Crippen LogP contribution in [-0.2, 0) is 17.7 Å². The summed E-state index contributed by atoms with van der Waals surface area (Å²) >= 11 is 0. The van der Waals surface area contributed by atoms with Gasteiger partial charge in [0.05, 0.1) is 18.0 Å². The lowest BCUT2D eigenvalue weighted by Gasteiger charge is -2.39. The average molecular weight is 555 g/mol. The molecule has 210 valence electrons. The second kappa shape index (κ2) is 9.72. The van der Waals surface area contributed by atoms with Crippen molar-refractivity contribution in [1.82, 2.24) is 19.8 Å². The predicted octanol–water partition coefficient (Wildman–Crippen LogP) is 5.55. The molecule has 2 N–H and O–H groups in total. The molecule has 1 aliphatic rings. The molecular weight excluding hydrogens is 525 g/mol. The number of amides is 2. The number of H-pyrrole nitrogens is 2. The molecule has 0 radical (unpaired) electrons. The Morgan fingerprint density at radius 2 is 1.70 bits per heavy atom. The minimum atomic E-state index is -1.18. The quantitative estimate of drug-likeness (QED) is 0.347. The van der Waals surface area contributed by atoms with Crippen LogP contribution in [0.4, 0.5) is 18.0 Å². The van der Waals surface area contributed by atoms with E-state index in [0.717, 1.165) is 17.7 Å². The fourth-order valence-electron chi connectivity index (χ4n) is 5.25. The summed E-state index contributed by atoms with van der Waals surface area (Å²) in [6.45, 7) is 6.91. The van der Waals surface area contributed by atoms with Crippen LogP contribution in [0.25, 0.3) is 21.7 Å². The number of pyridine rings is 1. The number of carbonyl (C=O) groups excluding carboxylic acids is 2. The fourth-order valence-corrected chi connectivity index (χ4v) is 5.25. The third-order valence-corrected chi connectivity index (χ3v) is 7.10. The van der Waals surface area contributed by atoms with Crippen LogP contribution in [0.2, 0.25) is 0 Å². The van der Waals surface area contributed by atoms with Gasteiger partial charge in [-0.2, -0.15) is 0 Å². The van der Waals surface area contributed by atoms with E-state index in [9.17, 15) is 27.6 Å². The van der Waals surface area contributed by atoms with Gasteiger partial charge < -0.3 is 19.6 Å². The Hall–Kier alpha value is -4.28. The van der Waals surface area contributed by atoms with Gasteiger partial charge in [0.15, 0.2) is 11.6 Å². The molecule has 0 fully saturated rings. The normalized spacial score (nSPS) is 15.4. The first-order valence-corrected chi connectivity index (χ1v) is 12.9. The number of halogens is 3. The maximum atomic E-state index is 14.4. The van der Waals surface area contributed by atoms with E-state index in [1.54, 1.807) is 26.8 Å². The molecule has 2 aromatic carbocycles. The minimum Gasteiger partial charge on any atom is -0.444 e. The molecule has 0 bridgehead atoms. The molecule has 0 saturated heterocycles. The van der Waals surface area contributed by atoms with Crippen LogP contribution >= 0.6 is 0 Å². The number of benzene rings is 2. The number of hydrogen-bond acceptors (Lipinski definition) is 4. The Labute approximate surface area is 227 Å². The zero-order valence-electron chi connectivity index (χ0n) is 22.7. The van der Waals surface area contributed by atoms with Crippen molar-refractivity contribution in [3.05, 3.63) is 80.7 Å². The van der Waals surface area contributed by atoms with Crippen LogP contribution in [0, 0.1) is 17.5 Å². The second-order valence-corrected chi connectivity index (χ2v) is 11.0. The maximum absolute atomic E-state index is 14.4. The van der Waals surface area contributed by atoms with Crippen LogP contribution in [0.3, 0.4) is 0 Å². The number of aryl methyl sites for hydroxylation is 1. The number of hydrogen-bond donors (Lipinski definition) is 2. The molecule has 1 aliphatic heterocycles. The summed E-state index contributed by atoms with van der Waals surface area (Å²) in [5.41, 5.74) is 0.574. The predicted molar refractivity (Wildman–Crippen MR) is 144 cm³/mol. The highest BCUT2D eigenvalue weighted by Crippen LogP contribution is 2.36. The monoisotopic (exact) mass is 554 g/mol. The highest BCUT2D eigenvalue weighted by atomic mass is 19.2. The van der Waals surface area contributed by atoms with Gasteiger partial charge in [0.2, 0.25) is 0 Å². The zero-order chi connectivity index (χ0) is 29.1. The van der Waals surface area contributed by atoms with Crippen molar-refractivity contribution in [2.75, 3.05) is 13.6 Å². The molecule has 4 aromatic rings. The number of likely N-dealkylation sites (N-methyl/N-ethyl adjacent to an activating group) is 1. The van der Waals surface area contributed by atoms with Crippen LogP contribution in [0.5, 0.6) is 0 Å². The van der Waals surface area contributed by atoms with Gasteiger partial charge in [-0.25, -0.2) is 18.0 Å². The Morgan fingerprint density at radius 1 is 1.02 bits per heavy atom. The van der Waals surface area contributed by atoms with Gasteiger partial charge in [-0.15, -0.1) is 0 Å². The summed E-state index contributed by atoms with van der Waals surface area (Å²) in [5, 5.41) is 0.758. The largest absolute Gasteiger partial charge is 0.444 e. The zero-order valence-corrected chi connectivity index (χ0v) is 22.7. The van der Waals surface area contributed by atoms with Gasteiger partial charge in [0, 0.05) is 35.8 Å².